The molecular formula is C20H29N3O. The SMILES string of the molecule is CC1(C)CC2CC(C)(CN2C(=O)c2ccc(N3CCCC3)nc2)C1. The van der Waals surface area contributed by atoms with Crippen LogP contribution in [0.25, 0.3) is 0 Å². The molecule has 1 saturated carbocycles. The number of aromatic nitrogens is 1. The Morgan fingerprint density at radius 3 is 2.58 bits per heavy atom. The molecule has 1 amide bonds. The first-order chi connectivity index (χ1) is 11.4. The molecule has 2 unspecified atom stereocenters. The Kier molecular flexibility index (Phi) is 3.63. The van der Waals surface area contributed by atoms with Crippen molar-refractivity contribution in [3.05, 3.63) is 23.9 Å². The number of rotatable bonds is 2. The molecule has 0 radical (unpaired) electrons. The van der Waals surface area contributed by atoms with Gasteiger partial charge < -0.3 is 9.80 Å². The minimum atomic E-state index is 0.168. The highest BCUT2D eigenvalue weighted by Crippen LogP contribution is 2.52. The van der Waals surface area contributed by atoms with Crippen LogP contribution in [0.5, 0.6) is 0 Å². The van der Waals surface area contributed by atoms with E-state index in [0.29, 0.717) is 11.5 Å². The summed E-state index contributed by atoms with van der Waals surface area (Å²) in [5.41, 5.74) is 1.36. The van der Waals surface area contributed by atoms with Crippen molar-refractivity contribution < 1.29 is 4.79 Å². The Hall–Kier alpha value is -1.58. The first-order valence-electron chi connectivity index (χ1n) is 9.37. The topological polar surface area (TPSA) is 36.4 Å². The highest BCUT2D eigenvalue weighted by Gasteiger charge is 2.51. The predicted octanol–water partition coefficient (Wildman–Crippen LogP) is 3.72. The summed E-state index contributed by atoms with van der Waals surface area (Å²) in [5.74, 6) is 1.18. The van der Waals surface area contributed by atoms with Gasteiger partial charge in [0.15, 0.2) is 0 Å². The highest BCUT2D eigenvalue weighted by molar-refractivity contribution is 5.94. The monoisotopic (exact) mass is 327 g/mol. The largest absolute Gasteiger partial charge is 0.357 e. The van der Waals surface area contributed by atoms with Crippen LogP contribution in [0, 0.1) is 10.8 Å². The Bertz CT molecular complexity index is 633. The fourth-order valence-electron chi connectivity index (χ4n) is 5.51. The molecule has 1 aromatic heterocycles. The van der Waals surface area contributed by atoms with Crippen LogP contribution in [0.4, 0.5) is 5.82 Å². The third kappa shape index (κ3) is 2.80. The molecule has 3 aliphatic rings. The van der Waals surface area contributed by atoms with Gasteiger partial charge in [-0.1, -0.05) is 20.8 Å². The highest BCUT2D eigenvalue weighted by atomic mass is 16.2. The van der Waals surface area contributed by atoms with Gasteiger partial charge in [0.25, 0.3) is 5.91 Å². The maximum Gasteiger partial charge on any atom is 0.255 e. The van der Waals surface area contributed by atoms with Crippen molar-refractivity contribution in [1.82, 2.24) is 9.88 Å². The van der Waals surface area contributed by atoms with Crippen molar-refractivity contribution in [2.24, 2.45) is 10.8 Å². The second kappa shape index (κ2) is 5.47. The average Bonchev–Trinajstić information content (AvgIpc) is 3.12. The van der Waals surface area contributed by atoms with Gasteiger partial charge in [-0.25, -0.2) is 4.98 Å². The maximum absolute atomic E-state index is 13.0. The third-order valence-electron chi connectivity index (χ3n) is 6.10. The summed E-state index contributed by atoms with van der Waals surface area (Å²) in [6.07, 6.45) is 7.76. The number of amides is 1. The molecule has 3 fully saturated rings. The van der Waals surface area contributed by atoms with E-state index in [1.807, 2.05) is 12.1 Å². The van der Waals surface area contributed by atoms with Crippen LogP contribution in [0.15, 0.2) is 18.3 Å². The molecule has 2 atom stereocenters. The average molecular weight is 327 g/mol. The lowest BCUT2D eigenvalue weighted by Crippen LogP contribution is -2.37. The van der Waals surface area contributed by atoms with Crippen molar-refractivity contribution >= 4 is 11.7 Å². The van der Waals surface area contributed by atoms with Gasteiger partial charge in [-0.3, -0.25) is 4.79 Å². The van der Waals surface area contributed by atoms with Gasteiger partial charge >= 0.3 is 0 Å². The second-order valence-electron chi connectivity index (χ2n) is 9.25. The van der Waals surface area contributed by atoms with E-state index in [4.69, 9.17) is 0 Å². The third-order valence-corrected chi connectivity index (χ3v) is 6.10. The van der Waals surface area contributed by atoms with Crippen molar-refractivity contribution in [3.63, 3.8) is 0 Å². The van der Waals surface area contributed by atoms with Crippen LogP contribution in [0.3, 0.4) is 0 Å². The molecule has 0 N–H and O–H groups in total. The lowest BCUT2D eigenvalue weighted by Gasteiger charge is -2.39. The molecule has 4 heteroatoms. The number of hydrogen-bond donors (Lipinski definition) is 0. The molecule has 2 saturated heterocycles. The summed E-state index contributed by atoms with van der Waals surface area (Å²) >= 11 is 0. The Morgan fingerprint density at radius 1 is 1.17 bits per heavy atom. The summed E-state index contributed by atoms with van der Waals surface area (Å²) < 4.78 is 0. The van der Waals surface area contributed by atoms with E-state index in [1.54, 1.807) is 6.20 Å². The van der Waals surface area contributed by atoms with Crippen molar-refractivity contribution in [2.45, 2.75) is 58.9 Å². The van der Waals surface area contributed by atoms with E-state index < -0.39 is 0 Å². The number of pyridine rings is 1. The van der Waals surface area contributed by atoms with Crippen LogP contribution in [-0.2, 0) is 0 Å². The molecule has 4 nitrogen and oxygen atoms in total. The van der Waals surface area contributed by atoms with Crippen molar-refractivity contribution in [1.29, 1.82) is 0 Å². The first kappa shape index (κ1) is 15.9. The molecule has 24 heavy (non-hydrogen) atoms. The van der Waals surface area contributed by atoms with Gasteiger partial charge in [-0.15, -0.1) is 0 Å². The van der Waals surface area contributed by atoms with E-state index >= 15 is 0 Å². The zero-order valence-electron chi connectivity index (χ0n) is 15.2. The number of likely N-dealkylation sites (tertiary alicyclic amines) is 1. The zero-order chi connectivity index (χ0) is 16.9. The Morgan fingerprint density at radius 2 is 1.92 bits per heavy atom. The van der Waals surface area contributed by atoms with Crippen LogP contribution < -0.4 is 4.90 Å². The minimum Gasteiger partial charge on any atom is -0.357 e. The van der Waals surface area contributed by atoms with Gasteiger partial charge in [0, 0.05) is 31.9 Å². The molecule has 130 valence electrons. The molecule has 4 rings (SSSR count). The van der Waals surface area contributed by atoms with Crippen LogP contribution in [0.1, 0.15) is 63.2 Å². The Balaban J connectivity index is 1.52. The number of anilines is 1. The van der Waals surface area contributed by atoms with Crippen molar-refractivity contribution in [2.75, 3.05) is 24.5 Å². The lowest BCUT2D eigenvalue weighted by atomic mass is 9.65. The van der Waals surface area contributed by atoms with E-state index in [2.05, 4.69) is 35.6 Å². The molecule has 3 heterocycles. The van der Waals surface area contributed by atoms with Gasteiger partial charge in [0.05, 0.1) is 5.56 Å². The van der Waals surface area contributed by atoms with Gasteiger partial charge in [0.1, 0.15) is 5.82 Å². The maximum atomic E-state index is 13.0. The van der Waals surface area contributed by atoms with E-state index in [-0.39, 0.29) is 11.3 Å². The second-order valence-corrected chi connectivity index (χ2v) is 9.25. The van der Waals surface area contributed by atoms with Crippen LogP contribution >= 0.6 is 0 Å². The fraction of sp³-hybridized carbons (Fsp3) is 0.700. The van der Waals surface area contributed by atoms with Gasteiger partial charge in [-0.2, -0.15) is 0 Å². The number of carbonyl (C=O) groups is 1. The molecule has 2 aliphatic heterocycles. The summed E-state index contributed by atoms with van der Waals surface area (Å²) in [5, 5.41) is 0. The first-order valence-corrected chi connectivity index (χ1v) is 9.37. The predicted molar refractivity (Wildman–Crippen MR) is 96.2 cm³/mol. The smallest absolute Gasteiger partial charge is 0.255 e. The quantitative estimate of drug-likeness (QED) is 0.830. The molecule has 1 aromatic rings. The standard InChI is InChI=1S/C20H29N3O/c1-19(2)10-16-11-20(3,13-19)14-23(16)18(24)15-6-7-17(21-12-15)22-8-4-5-9-22/h6-7,12,16H,4-5,8-11,13-14H2,1-3H3. The lowest BCUT2D eigenvalue weighted by molar-refractivity contribution is 0.0708. The van der Waals surface area contributed by atoms with Gasteiger partial charge in [-0.05, 0) is 55.1 Å². The summed E-state index contributed by atoms with van der Waals surface area (Å²) in [6.45, 7) is 10.1. The Labute approximate surface area is 145 Å². The number of nitrogens with zero attached hydrogens (tertiary/aromatic N) is 3. The van der Waals surface area contributed by atoms with E-state index in [1.165, 1.54) is 19.3 Å². The van der Waals surface area contributed by atoms with E-state index in [9.17, 15) is 4.79 Å². The van der Waals surface area contributed by atoms with Crippen LogP contribution in [-0.4, -0.2) is 41.5 Å². The zero-order valence-corrected chi connectivity index (χ0v) is 15.2. The normalized spacial score (nSPS) is 31.5. The molecule has 0 aromatic carbocycles. The van der Waals surface area contributed by atoms with E-state index in [0.717, 1.165) is 43.9 Å². The summed E-state index contributed by atoms with van der Waals surface area (Å²) in [7, 11) is 0. The number of carbonyl (C=O) groups excluding carboxylic acids is 1. The van der Waals surface area contributed by atoms with Crippen molar-refractivity contribution in [3.8, 4) is 0 Å². The molecule has 0 spiro atoms. The fourth-order valence-corrected chi connectivity index (χ4v) is 5.51. The molecular weight excluding hydrogens is 298 g/mol. The summed E-state index contributed by atoms with van der Waals surface area (Å²) in [6, 6.07) is 4.38. The number of fused-ring (bicyclic) bond motifs is 2. The molecule has 2 bridgehead atoms. The number of hydrogen-bond acceptors (Lipinski definition) is 3. The molecule has 1 aliphatic carbocycles. The summed E-state index contributed by atoms with van der Waals surface area (Å²) in [4.78, 5) is 22.0. The van der Waals surface area contributed by atoms with Crippen LogP contribution in [0.2, 0.25) is 0 Å². The van der Waals surface area contributed by atoms with Gasteiger partial charge in [0.2, 0.25) is 0 Å². The minimum absolute atomic E-state index is 0.168.